The van der Waals surface area contributed by atoms with Crippen molar-refractivity contribution in [3.8, 4) is 83.6 Å². The van der Waals surface area contributed by atoms with Crippen LogP contribution in [0.2, 0.25) is 0 Å². The molecule has 1 heterocycles. The minimum atomic E-state index is -0.104. The van der Waals surface area contributed by atoms with Crippen LogP contribution >= 0.6 is 0 Å². The van der Waals surface area contributed by atoms with E-state index in [9.17, 15) is 0 Å². The molecule has 0 spiro atoms. The lowest BCUT2D eigenvalue weighted by Crippen LogP contribution is -2.16. The van der Waals surface area contributed by atoms with Crippen LogP contribution in [0, 0.1) is 0 Å². The third-order valence-electron chi connectivity index (χ3n) is 17.4. The molecule has 13 aromatic rings. The van der Waals surface area contributed by atoms with E-state index in [1.165, 1.54) is 116 Å². The van der Waals surface area contributed by atoms with E-state index in [4.69, 9.17) is 0 Å². The highest BCUT2D eigenvalue weighted by Crippen LogP contribution is 2.51. The van der Waals surface area contributed by atoms with Gasteiger partial charge in [0.15, 0.2) is 0 Å². The van der Waals surface area contributed by atoms with Crippen molar-refractivity contribution < 1.29 is 0 Å². The molecule has 0 saturated carbocycles. The lowest BCUT2D eigenvalue weighted by atomic mass is 9.82. The summed E-state index contributed by atoms with van der Waals surface area (Å²) < 4.78 is 2.40. The molecule has 1 aliphatic carbocycles. The molecule has 2 heteroatoms. The highest BCUT2D eigenvalue weighted by molar-refractivity contribution is 6.11. The van der Waals surface area contributed by atoms with Crippen LogP contribution in [0.3, 0.4) is 0 Å². The Hall–Kier alpha value is -9.76. The van der Waals surface area contributed by atoms with E-state index in [0.29, 0.717) is 5.92 Å². The Bertz CT molecular complexity index is 4400. The normalized spacial score (nSPS) is 12.8. The second-order valence-electron chi connectivity index (χ2n) is 22.5. The van der Waals surface area contributed by atoms with Crippen LogP contribution in [-0.4, -0.2) is 4.57 Å². The molecule has 0 aliphatic heterocycles. The quantitative estimate of drug-likeness (QED) is 0.118. The fourth-order valence-electron chi connectivity index (χ4n) is 12.6. The van der Waals surface area contributed by atoms with Crippen LogP contribution in [0.5, 0.6) is 0 Å². The van der Waals surface area contributed by atoms with Gasteiger partial charge in [-0.2, -0.15) is 0 Å². The Morgan fingerprint density at radius 3 is 1.16 bits per heavy atom. The maximum atomic E-state index is 2.41. The van der Waals surface area contributed by atoms with E-state index in [2.05, 4.69) is 322 Å². The third-order valence-corrected chi connectivity index (χ3v) is 17.4. The summed E-state index contributed by atoms with van der Waals surface area (Å²) in [5.41, 5.74) is 28.1. The third kappa shape index (κ3) is 9.04. The molecule has 1 aliphatic rings. The highest BCUT2D eigenvalue weighted by Gasteiger charge is 2.36. The van der Waals surface area contributed by atoms with Crippen LogP contribution in [0.15, 0.2) is 285 Å². The van der Waals surface area contributed by atoms with Gasteiger partial charge in [0.25, 0.3) is 0 Å². The standard InChI is InChI=1S/C79H62N2/c1-5-53(2)54-20-22-56(23-21-54)58-28-32-63(33-29-58)65-40-48-77-73(50-65)74-51-66(41-49-78(74)81(77)67-16-10-7-11-17-67)64-34-30-59(31-35-64)57-24-26-60(27-25-57)62-38-44-69(45-39-62)80(68-42-36-61(37-43-68)55-14-8-6-9-15-55)70-46-47-72-71-18-12-13-19-75(71)79(3,4)76(72)52-70/h6-53H,5H2,1-4H3. The summed E-state index contributed by atoms with van der Waals surface area (Å²) >= 11 is 0. The average molecular weight is 1040 g/mol. The minimum Gasteiger partial charge on any atom is -0.310 e. The molecular formula is C79H62N2. The summed E-state index contributed by atoms with van der Waals surface area (Å²) in [6.45, 7) is 9.26. The van der Waals surface area contributed by atoms with Crippen LogP contribution < -0.4 is 4.90 Å². The van der Waals surface area contributed by atoms with Crippen molar-refractivity contribution in [1.29, 1.82) is 0 Å². The van der Waals surface area contributed by atoms with E-state index in [1.807, 2.05) is 0 Å². The summed E-state index contributed by atoms with van der Waals surface area (Å²) in [7, 11) is 0. The molecule has 0 bridgehead atoms. The largest absolute Gasteiger partial charge is 0.310 e. The first-order chi connectivity index (χ1) is 39.7. The molecule has 0 amide bonds. The van der Waals surface area contributed by atoms with Crippen LogP contribution in [0.4, 0.5) is 17.1 Å². The average Bonchev–Trinajstić information content (AvgIpc) is 4.20. The zero-order chi connectivity index (χ0) is 54.6. The van der Waals surface area contributed by atoms with Gasteiger partial charge < -0.3 is 9.47 Å². The molecule has 2 nitrogen and oxygen atoms in total. The van der Waals surface area contributed by atoms with Crippen molar-refractivity contribution in [2.24, 2.45) is 0 Å². The van der Waals surface area contributed by atoms with Gasteiger partial charge in [0, 0.05) is 38.9 Å². The number of nitrogens with zero attached hydrogens (tertiary/aromatic N) is 2. The number of para-hydroxylation sites is 1. The molecule has 0 N–H and O–H groups in total. The van der Waals surface area contributed by atoms with Crippen LogP contribution in [0.25, 0.3) is 105 Å². The van der Waals surface area contributed by atoms with Gasteiger partial charge in [0.05, 0.1) is 11.0 Å². The first-order valence-corrected chi connectivity index (χ1v) is 28.6. The summed E-state index contributed by atoms with van der Waals surface area (Å²) in [5.74, 6) is 0.569. The van der Waals surface area contributed by atoms with Crippen molar-refractivity contribution in [3.05, 3.63) is 302 Å². The topological polar surface area (TPSA) is 8.17 Å². The maximum absolute atomic E-state index is 2.41. The van der Waals surface area contributed by atoms with E-state index >= 15 is 0 Å². The van der Waals surface area contributed by atoms with E-state index in [1.54, 1.807) is 0 Å². The fourth-order valence-corrected chi connectivity index (χ4v) is 12.6. The van der Waals surface area contributed by atoms with Crippen LogP contribution in [-0.2, 0) is 5.41 Å². The van der Waals surface area contributed by atoms with Gasteiger partial charge in [0.1, 0.15) is 0 Å². The van der Waals surface area contributed by atoms with Crippen LogP contribution in [0.1, 0.15) is 56.7 Å². The smallest absolute Gasteiger partial charge is 0.0541 e. The molecular weight excluding hydrogens is 977 g/mol. The zero-order valence-electron chi connectivity index (χ0n) is 46.3. The molecule has 1 unspecified atom stereocenters. The Morgan fingerprint density at radius 1 is 0.333 bits per heavy atom. The number of hydrogen-bond acceptors (Lipinski definition) is 1. The van der Waals surface area contributed by atoms with Crippen molar-refractivity contribution >= 4 is 38.9 Å². The lowest BCUT2D eigenvalue weighted by Gasteiger charge is -2.28. The molecule has 0 radical (unpaired) electrons. The van der Waals surface area contributed by atoms with E-state index in [-0.39, 0.29) is 5.41 Å². The molecule has 0 fully saturated rings. The molecule has 0 saturated heterocycles. The van der Waals surface area contributed by atoms with Gasteiger partial charge in [0.2, 0.25) is 0 Å². The fraction of sp³-hybridized carbons (Fsp3) is 0.0886. The molecule has 81 heavy (non-hydrogen) atoms. The Morgan fingerprint density at radius 2 is 0.691 bits per heavy atom. The first kappa shape index (κ1) is 49.5. The van der Waals surface area contributed by atoms with Gasteiger partial charge in [-0.05, 0) is 180 Å². The van der Waals surface area contributed by atoms with Gasteiger partial charge in [-0.3, -0.25) is 0 Å². The number of fused-ring (bicyclic) bond motifs is 6. The molecule has 388 valence electrons. The SMILES string of the molecule is CCC(C)c1ccc(-c2ccc(-c3ccc4c(c3)c3cc(-c5ccc(-c6ccc(-c7ccc(N(c8ccc(-c9ccccc9)cc8)c8ccc9c(c8)C(C)(C)c8ccccc8-9)cc7)cc6)cc5)ccc3n4-c3ccccc3)cc2)cc1. The van der Waals surface area contributed by atoms with Gasteiger partial charge >= 0.3 is 0 Å². The number of hydrogen-bond donors (Lipinski definition) is 0. The molecule has 12 aromatic carbocycles. The summed E-state index contributed by atoms with van der Waals surface area (Å²) in [6.07, 6.45) is 1.15. The Balaban J connectivity index is 0.734. The molecule has 1 aromatic heterocycles. The molecule has 1 atom stereocenters. The highest BCUT2D eigenvalue weighted by atomic mass is 15.1. The van der Waals surface area contributed by atoms with E-state index in [0.717, 1.165) is 29.2 Å². The number of aromatic nitrogens is 1. The van der Waals surface area contributed by atoms with Gasteiger partial charge in [-0.25, -0.2) is 0 Å². The van der Waals surface area contributed by atoms with Crippen molar-refractivity contribution in [3.63, 3.8) is 0 Å². The Kier molecular flexibility index (Phi) is 12.5. The number of benzene rings is 12. The first-order valence-electron chi connectivity index (χ1n) is 28.6. The van der Waals surface area contributed by atoms with Gasteiger partial charge in [-0.1, -0.05) is 240 Å². The summed E-state index contributed by atoms with van der Waals surface area (Å²) in [6, 6.07) is 105. The van der Waals surface area contributed by atoms with Crippen molar-refractivity contribution in [1.82, 2.24) is 4.57 Å². The van der Waals surface area contributed by atoms with Crippen molar-refractivity contribution in [2.45, 2.75) is 45.4 Å². The maximum Gasteiger partial charge on any atom is 0.0541 e. The predicted molar refractivity (Wildman–Crippen MR) is 344 cm³/mol. The van der Waals surface area contributed by atoms with Gasteiger partial charge in [-0.15, -0.1) is 0 Å². The minimum absolute atomic E-state index is 0.104. The monoisotopic (exact) mass is 1040 g/mol. The second kappa shape index (κ2) is 20.5. The second-order valence-corrected chi connectivity index (χ2v) is 22.5. The molecule has 14 rings (SSSR count). The Labute approximate surface area is 476 Å². The lowest BCUT2D eigenvalue weighted by molar-refractivity contribution is 0.660. The number of rotatable bonds is 12. The summed E-state index contributed by atoms with van der Waals surface area (Å²) in [5, 5.41) is 2.48. The zero-order valence-corrected chi connectivity index (χ0v) is 46.3. The van der Waals surface area contributed by atoms with Crippen molar-refractivity contribution in [2.75, 3.05) is 4.90 Å². The predicted octanol–water partition coefficient (Wildman–Crippen LogP) is 22.1. The number of anilines is 3. The van der Waals surface area contributed by atoms with E-state index < -0.39 is 0 Å². The summed E-state index contributed by atoms with van der Waals surface area (Å²) in [4.78, 5) is 2.40.